The lowest BCUT2D eigenvalue weighted by Gasteiger charge is -2.27. The number of carbonyl (C=O) groups excluding carboxylic acids is 2. The van der Waals surface area contributed by atoms with Gasteiger partial charge in [0.05, 0.1) is 13.7 Å². The number of nitrogens with zero attached hydrogens (tertiary/aromatic N) is 1. The van der Waals surface area contributed by atoms with Crippen molar-refractivity contribution < 1.29 is 23.8 Å². The topological polar surface area (TPSA) is 65.1 Å². The summed E-state index contributed by atoms with van der Waals surface area (Å²) >= 11 is 0. The van der Waals surface area contributed by atoms with Gasteiger partial charge in [-0.2, -0.15) is 0 Å². The zero-order valence-electron chi connectivity index (χ0n) is 10.5. The summed E-state index contributed by atoms with van der Waals surface area (Å²) in [6.45, 7) is 4.31. The van der Waals surface area contributed by atoms with Gasteiger partial charge in [0.2, 0.25) is 0 Å². The summed E-state index contributed by atoms with van der Waals surface area (Å²) in [5.74, 6) is -0.430. The summed E-state index contributed by atoms with van der Waals surface area (Å²) in [7, 11) is 1.31. The molecule has 17 heavy (non-hydrogen) atoms. The molecular weight excluding hydrogens is 226 g/mol. The van der Waals surface area contributed by atoms with Crippen LogP contribution in [0.4, 0.5) is 4.79 Å². The van der Waals surface area contributed by atoms with Gasteiger partial charge in [-0.3, -0.25) is 4.90 Å². The molecule has 1 rings (SSSR count). The minimum absolute atomic E-state index is 0.266. The average Bonchev–Trinajstić information content (AvgIpc) is 2.72. The van der Waals surface area contributed by atoms with E-state index in [9.17, 15) is 9.59 Å². The van der Waals surface area contributed by atoms with E-state index in [1.807, 2.05) is 6.92 Å². The highest BCUT2D eigenvalue weighted by molar-refractivity contribution is 5.82. The Morgan fingerprint density at radius 2 is 1.94 bits per heavy atom. The van der Waals surface area contributed by atoms with Crippen LogP contribution in [0.2, 0.25) is 0 Å². The van der Waals surface area contributed by atoms with E-state index in [0.29, 0.717) is 19.4 Å². The summed E-state index contributed by atoms with van der Waals surface area (Å²) in [5.41, 5.74) is 0. The zero-order chi connectivity index (χ0) is 12.8. The highest BCUT2D eigenvalue weighted by Gasteiger charge is 2.43. The number of likely N-dealkylation sites (tertiary alicyclic amines) is 1. The fourth-order valence-corrected chi connectivity index (χ4v) is 1.95. The van der Waals surface area contributed by atoms with Crippen LogP contribution in [0, 0.1) is 0 Å². The quantitative estimate of drug-likeness (QED) is 0.695. The molecule has 1 saturated heterocycles. The van der Waals surface area contributed by atoms with Crippen LogP contribution in [-0.4, -0.2) is 49.6 Å². The summed E-state index contributed by atoms with van der Waals surface area (Å²) in [5, 5.41) is 0. The Labute approximate surface area is 101 Å². The number of rotatable bonds is 4. The third-order valence-corrected chi connectivity index (χ3v) is 2.64. The maximum absolute atomic E-state index is 11.8. The minimum Gasteiger partial charge on any atom is -0.467 e. The lowest BCUT2D eigenvalue weighted by Crippen LogP contribution is -2.46. The summed E-state index contributed by atoms with van der Waals surface area (Å²) in [6.07, 6.45) is 0.227. The van der Waals surface area contributed by atoms with Gasteiger partial charge in [0.1, 0.15) is 12.3 Å². The molecule has 0 N–H and O–H groups in total. The Morgan fingerprint density at radius 3 is 2.47 bits per heavy atom. The summed E-state index contributed by atoms with van der Waals surface area (Å²) in [6, 6.07) is -0.601. The number of amides is 1. The van der Waals surface area contributed by atoms with Gasteiger partial charge >= 0.3 is 12.1 Å². The smallest absolute Gasteiger partial charge is 0.412 e. The average molecular weight is 245 g/mol. The molecule has 1 unspecified atom stereocenters. The van der Waals surface area contributed by atoms with Crippen molar-refractivity contribution in [3.8, 4) is 0 Å². The van der Waals surface area contributed by atoms with Crippen molar-refractivity contribution in [2.75, 3.05) is 20.3 Å². The number of methoxy groups -OCH3 is 1. The largest absolute Gasteiger partial charge is 0.467 e. The Morgan fingerprint density at radius 1 is 1.24 bits per heavy atom. The molecule has 98 valence electrons. The number of carbonyl (C=O) groups is 2. The van der Waals surface area contributed by atoms with Gasteiger partial charge in [-0.05, 0) is 26.7 Å². The van der Waals surface area contributed by atoms with Crippen LogP contribution in [0.1, 0.15) is 26.7 Å². The predicted molar refractivity (Wildman–Crippen MR) is 59.3 cm³/mol. The molecule has 0 radical (unpaired) electrons. The molecule has 0 aliphatic carbocycles. The van der Waals surface area contributed by atoms with E-state index in [-0.39, 0.29) is 6.61 Å². The molecule has 0 saturated carbocycles. The molecule has 0 aromatic heterocycles. The first-order valence-corrected chi connectivity index (χ1v) is 5.80. The Bertz CT molecular complexity index is 281. The second-order valence-corrected chi connectivity index (χ2v) is 3.63. The predicted octanol–water partition coefficient (Wildman–Crippen LogP) is 1.14. The molecular formula is C11H19NO5. The minimum atomic E-state index is -0.601. The molecule has 6 nitrogen and oxygen atoms in total. The van der Waals surface area contributed by atoms with Crippen molar-refractivity contribution in [1.29, 1.82) is 0 Å². The first kappa shape index (κ1) is 13.8. The Balaban J connectivity index is 2.78. The lowest BCUT2D eigenvalue weighted by molar-refractivity contribution is -0.148. The highest BCUT2D eigenvalue weighted by atomic mass is 16.6. The van der Waals surface area contributed by atoms with Gasteiger partial charge in [0.15, 0.2) is 0 Å². The van der Waals surface area contributed by atoms with Crippen LogP contribution in [0.15, 0.2) is 0 Å². The number of hydrogen-bond acceptors (Lipinski definition) is 5. The molecule has 6 heteroatoms. The van der Waals surface area contributed by atoms with E-state index < -0.39 is 24.3 Å². The Hall–Kier alpha value is -1.30. The lowest BCUT2D eigenvalue weighted by atomic mass is 10.2. The molecule has 0 spiro atoms. The van der Waals surface area contributed by atoms with E-state index in [2.05, 4.69) is 4.74 Å². The SMILES string of the molecule is CCOC(=O)N1C(OCC)CC[C@H]1C(=O)OC. The van der Waals surface area contributed by atoms with Gasteiger partial charge in [-0.15, -0.1) is 0 Å². The van der Waals surface area contributed by atoms with E-state index in [1.165, 1.54) is 12.0 Å². The van der Waals surface area contributed by atoms with Crippen LogP contribution >= 0.6 is 0 Å². The van der Waals surface area contributed by atoms with Crippen molar-refractivity contribution in [2.45, 2.75) is 39.0 Å². The van der Waals surface area contributed by atoms with Crippen molar-refractivity contribution in [2.24, 2.45) is 0 Å². The maximum atomic E-state index is 11.8. The van der Waals surface area contributed by atoms with Gasteiger partial charge in [0, 0.05) is 6.61 Å². The zero-order valence-corrected chi connectivity index (χ0v) is 10.5. The summed E-state index contributed by atoms with van der Waals surface area (Å²) in [4.78, 5) is 24.7. The van der Waals surface area contributed by atoms with E-state index >= 15 is 0 Å². The molecule has 1 aliphatic rings. The van der Waals surface area contributed by atoms with Crippen molar-refractivity contribution in [1.82, 2.24) is 4.90 Å². The first-order valence-electron chi connectivity index (χ1n) is 5.80. The van der Waals surface area contributed by atoms with Crippen molar-refractivity contribution in [3.05, 3.63) is 0 Å². The fourth-order valence-electron chi connectivity index (χ4n) is 1.95. The van der Waals surface area contributed by atoms with Crippen LogP contribution in [-0.2, 0) is 19.0 Å². The second kappa shape index (κ2) is 6.44. The van der Waals surface area contributed by atoms with Gasteiger partial charge in [0.25, 0.3) is 0 Å². The van der Waals surface area contributed by atoms with Gasteiger partial charge < -0.3 is 14.2 Å². The summed E-state index contributed by atoms with van der Waals surface area (Å²) < 4.78 is 15.0. The standard InChI is InChI=1S/C11H19NO5/c1-4-16-9-7-6-8(10(13)15-3)12(9)11(14)17-5-2/h8-9H,4-7H2,1-3H3/t8-,9?/m0/s1. The maximum Gasteiger partial charge on any atom is 0.412 e. The van der Waals surface area contributed by atoms with Crippen LogP contribution in [0.5, 0.6) is 0 Å². The number of hydrogen-bond donors (Lipinski definition) is 0. The van der Waals surface area contributed by atoms with Crippen molar-refractivity contribution in [3.63, 3.8) is 0 Å². The molecule has 0 aromatic rings. The van der Waals surface area contributed by atoms with Crippen LogP contribution in [0.25, 0.3) is 0 Å². The third-order valence-electron chi connectivity index (χ3n) is 2.64. The molecule has 1 heterocycles. The monoisotopic (exact) mass is 245 g/mol. The first-order chi connectivity index (χ1) is 8.15. The van der Waals surface area contributed by atoms with Gasteiger partial charge in [-0.1, -0.05) is 0 Å². The second-order valence-electron chi connectivity index (χ2n) is 3.63. The highest BCUT2D eigenvalue weighted by Crippen LogP contribution is 2.26. The van der Waals surface area contributed by atoms with Gasteiger partial charge in [-0.25, -0.2) is 9.59 Å². The van der Waals surface area contributed by atoms with Crippen molar-refractivity contribution >= 4 is 12.1 Å². The third kappa shape index (κ3) is 3.09. The Kier molecular flexibility index (Phi) is 5.21. The van der Waals surface area contributed by atoms with Crippen LogP contribution in [0.3, 0.4) is 0 Å². The molecule has 0 aromatic carbocycles. The van der Waals surface area contributed by atoms with E-state index in [4.69, 9.17) is 9.47 Å². The molecule has 1 fully saturated rings. The molecule has 0 bridgehead atoms. The molecule has 2 atom stereocenters. The van der Waals surface area contributed by atoms with E-state index in [1.54, 1.807) is 6.92 Å². The molecule has 1 aliphatic heterocycles. The number of esters is 1. The molecule has 1 amide bonds. The normalized spacial score (nSPS) is 23.6. The van der Waals surface area contributed by atoms with E-state index in [0.717, 1.165) is 0 Å². The number of ether oxygens (including phenoxy) is 3. The fraction of sp³-hybridized carbons (Fsp3) is 0.818. The van der Waals surface area contributed by atoms with Crippen LogP contribution < -0.4 is 0 Å².